The van der Waals surface area contributed by atoms with E-state index < -0.39 is 40.3 Å². The van der Waals surface area contributed by atoms with Crippen molar-refractivity contribution < 1.29 is 32.6 Å². The number of cyclic esters (lactones) is 1. The summed E-state index contributed by atoms with van der Waals surface area (Å²) in [6.07, 6.45) is 0.184. The minimum absolute atomic E-state index is 0.0177. The van der Waals surface area contributed by atoms with E-state index in [4.69, 9.17) is 9.47 Å². The van der Waals surface area contributed by atoms with E-state index in [1.54, 1.807) is 30.5 Å². The van der Waals surface area contributed by atoms with Crippen LogP contribution in [0.3, 0.4) is 0 Å². The molecule has 1 saturated heterocycles. The fourth-order valence-electron chi connectivity index (χ4n) is 4.76. The molecule has 1 aliphatic rings. The molecule has 2 heterocycles. The predicted octanol–water partition coefficient (Wildman–Crippen LogP) is 2.99. The van der Waals surface area contributed by atoms with Crippen molar-refractivity contribution in [2.75, 3.05) is 26.7 Å². The van der Waals surface area contributed by atoms with E-state index in [-0.39, 0.29) is 37.5 Å². The van der Waals surface area contributed by atoms with E-state index in [1.165, 1.54) is 28.4 Å². The van der Waals surface area contributed by atoms with Gasteiger partial charge in [0.1, 0.15) is 5.75 Å². The number of hydrogen-bond acceptors (Lipinski definition) is 8. The van der Waals surface area contributed by atoms with E-state index >= 15 is 0 Å². The molecule has 0 bridgehead atoms. The largest absolute Gasteiger partial charge is 0.497 e. The molecule has 1 unspecified atom stereocenters. The molecule has 3 aromatic rings. The van der Waals surface area contributed by atoms with Crippen molar-refractivity contribution in [3.63, 3.8) is 0 Å². The molecule has 2 aromatic carbocycles. The molecule has 2 N–H and O–H groups in total. The number of aliphatic hydroxyl groups is 1. The van der Waals surface area contributed by atoms with Gasteiger partial charge in [-0.05, 0) is 54.8 Å². The third-order valence-corrected chi connectivity index (χ3v) is 9.08. The van der Waals surface area contributed by atoms with Gasteiger partial charge in [0, 0.05) is 19.3 Å². The average molecular weight is 611 g/mol. The number of hydrogen-bond donors (Lipinski definition) is 2. The van der Waals surface area contributed by atoms with Crippen LogP contribution in [0.4, 0.5) is 4.79 Å². The lowest BCUT2D eigenvalue weighted by Gasteiger charge is -2.30. The molecule has 1 aromatic heterocycles. The lowest BCUT2D eigenvalue weighted by molar-refractivity contribution is -0.129. The zero-order valence-corrected chi connectivity index (χ0v) is 25.2. The summed E-state index contributed by atoms with van der Waals surface area (Å²) in [5.74, 6) is -0.0501. The molecule has 4 rings (SSSR count). The number of benzene rings is 2. The Bertz CT molecular complexity index is 1440. The number of ether oxygens (including phenoxy) is 2. The van der Waals surface area contributed by atoms with Crippen molar-refractivity contribution in [1.82, 2.24) is 19.5 Å². The minimum Gasteiger partial charge on any atom is -0.497 e. The molecule has 12 heteroatoms. The minimum atomic E-state index is -3.97. The first-order chi connectivity index (χ1) is 20.7. The molecular weight excluding hydrogens is 572 g/mol. The quantitative estimate of drug-likeness (QED) is 0.268. The van der Waals surface area contributed by atoms with E-state index in [1.807, 2.05) is 43.3 Å². The van der Waals surface area contributed by atoms with Gasteiger partial charge in [0.2, 0.25) is 10.0 Å². The van der Waals surface area contributed by atoms with E-state index in [0.717, 1.165) is 12.0 Å². The molecule has 0 radical (unpaired) electrons. The molecule has 43 heavy (non-hydrogen) atoms. The second-order valence-corrected chi connectivity index (χ2v) is 12.3. The Morgan fingerprint density at radius 3 is 2.51 bits per heavy atom. The zero-order chi connectivity index (χ0) is 30.8. The van der Waals surface area contributed by atoms with Crippen LogP contribution in [0.25, 0.3) is 0 Å². The number of aromatic nitrogens is 1. The summed E-state index contributed by atoms with van der Waals surface area (Å²) in [4.78, 5) is 31.5. The second-order valence-electron chi connectivity index (χ2n) is 10.3. The monoisotopic (exact) mass is 610 g/mol. The van der Waals surface area contributed by atoms with Crippen LogP contribution in [0.1, 0.15) is 31.0 Å². The van der Waals surface area contributed by atoms with Gasteiger partial charge in [0.05, 0.1) is 42.9 Å². The van der Waals surface area contributed by atoms with Gasteiger partial charge in [-0.25, -0.2) is 13.2 Å². The summed E-state index contributed by atoms with van der Waals surface area (Å²) in [5.41, 5.74) is 1.49. The van der Waals surface area contributed by atoms with Gasteiger partial charge >= 0.3 is 6.09 Å². The van der Waals surface area contributed by atoms with Gasteiger partial charge in [-0.3, -0.25) is 14.7 Å². The summed E-state index contributed by atoms with van der Waals surface area (Å²) in [5, 5.41) is 14.3. The number of rotatable bonds is 15. The number of carbonyl (C=O) groups is 2. The van der Waals surface area contributed by atoms with Crippen molar-refractivity contribution in [1.29, 1.82) is 0 Å². The maximum atomic E-state index is 13.6. The number of carbonyl (C=O) groups excluding carboxylic acids is 2. The topological polar surface area (TPSA) is 138 Å². The normalized spacial score (nSPS) is 16.5. The highest BCUT2D eigenvalue weighted by Crippen LogP contribution is 2.22. The molecule has 0 aliphatic carbocycles. The smallest absolute Gasteiger partial charge is 0.411 e. The zero-order valence-electron chi connectivity index (χ0n) is 24.3. The molecule has 11 nitrogen and oxygen atoms in total. The average Bonchev–Trinajstić information content (AvgIpc) is 3.39. The Kier molecular flexibility index (Phi) is 11.1. The first-order valence-electron chi connectivity index (χ1n) is 14.2. The van der Waals surface area contributed by atoms with Gasteiger partial charge in [0.15, 0.2) is 6.10 Å². The van der Waals surface area contributed by atoms with E-state index in [0.29, 0.717) is 17.9 Å². The molecule has 1 fully saturated rings. The number of nitrogens with zero attached hydrogens (tertiary/aromatic N) is 3. The Labute approximate surface area is 252 Å². The van der Waals surface area contributed by atoms with Crippen molar-refractivity contribution in [3.8, 4) is 5.75 Å². The Balaban J connectivity index is 1.51. The standard InChI is InChI=1S/C31H38N4O7S/c1-3-4-18-35(43(39,40)26-15-13-25(41-2)14-16-26)21-28(36)27(19-23-10-6-5-7-11-23)33-30(37)29-22-34(31(38)42-29)20-24-12-8-9-17-32-24/h5-17,27-29,36H,3-4,18-22H2,1-2H3,(H,33,37)/t27-,28+,29?/m0/s1. The second kappa shape index (κ2) is 14.9. The van der Waals surface area contributed by atoms with Gasteiger partial charge < -0.3 is 19.9 Å². The lowest BCUT2D eigenvalue weighted by atomic mass is 10.0. The number of sulfonamides is 1. The number of nitrogens with one attached hydrogen (secondary N) is 1. The van der Waals surface area contributed by atoms with E-state index in [2.05, 4.69) is 10.3 Å². The summed E-state index contributed by atoms with van der Waals surface area (Å²) in [7, 11) is -2.47. The Hall–Kier alpha value is -4.00. The first-order valence-corrected chi connectivity index (χ1v) is 15.7. The van der Waals surface area contributed by atoms with Crippen molar-refractivity contribution >= 4 is 22.0 Å². The van der Waals surface area contributed by atoms with Gasteiger partial charge in [0.25, 0.3) is 5.91 Å². The molecule has 230 valence electrons. The lowest BCUT2D eigenvalue weighted by Crippen LogP contribution is -2.53. The maximum absolute atomic E-state index is 13.6. The fourth-order valence-corrected chi connectivity index (χ4v) is 6.26. The number of aliphatic hydroxyl groups excluding tert-OH is 1. The van der Waals surface area contributed by atoms with Crippen LogP contribution < -0.4 is 10.1 Å². The predicted molar refractivity (Wildman–Crippen MR) is 160 cm³/mol. The van der Waals surface area contributed by atoms with E-state index in [9.17, 15) is 23.1 Å². The molecule has 0 saturated carbocycles. The van der Waals surface area contributed by atoms with Crippen molar-refractivity contribution in [2.24, 2.45) is 0 Å². The molecular formula is C31H38N4O7S. The van der Waals surface area contributed by atoms with Crippen LogP contribution in [0.15, 0.2) is 83.9 Å². The van der Waals surface area contributed by atoms with Crippen LogP contribution in [0.2, 0.25) is 0 Å². The van der Waals surface area contributed by atoms with Crippen LogP contribution in [-0.2, 0) is 32.5 Å². The molecule has 2 amide bonds. The van der Waals surface area contributed by atoms with Gasteiger partial charge in [-0.15, -0.1) is 0 Å². The van der Waals surface area contributed by atoms with Crippen LogP contribution in [0.5, 0.6) is 5.75 Å². The SMILES string of the molecule is CCCCN(C[C@@H](O)[C@H](Cc1ccccc1)NC(=O)C1CN(Cc2ccccn2)C(=O)O1)S(=O)(=O)c1ccc(OC)cc1. The summed E-state index contributed by atoms with van der Waals surface area (Å²) in [6, 6.07) is 19.8. The van der Waals surface area contributed by atoms with Crippen molar-refractivity contribution in [3.05, 3.63) is 90.3 Å². The highest BCUT2D eigenvalue weighted by molar-refractivity contribution is 7.89. The Morgan fingerprint density at radius 2 is 1.86 bits per heavy atom. The van der Waals surface area contributed by atoms with Crippen LogP contribution >= 0.6 is 0 Å². The third-order valence-electron chi connectivity index (χ3n) is 7.20. The number of unbranched alkanes of at least 4 members (excludes halogenated alkanes) is 1. The number of pyridine rings is 1. The number of amides is 2. The highest BCUT2D eigenvalue weighted by Gasteiger charge is 2.38. The maximum Gasteiger partial charge on any atom is 0.411 e. The summed E-state index contributed by atoms with van der Waals surface area (Å²) in [6.45, 7) is 2.10. The Morgan fingerprint density at radius 1 is 1.14 bits per heavy atom. The first kappa shape index (κ1) is 31.9. The van der Waals surface area contributed by atoms with Crippen molar-refractivity contribution in [2.45, 2.75) is 55.9 Å². The van der Waals surface area contributed by atoms with Crippen LogP contribution in [0, 0.1) is 0 Å². The summed E-state index contributed by atoms with van der Waals surface area (Å²) < 4.78 is 39.0. The highest BCUT2D eigenvalue weighted by atomic mass is 32.2. The van der Waals surface area contributed by atoms with Gasteiger partial charge in [-0.2, -0.15) is 4.31 Å². The van der Waals surface area contributed by atoms with Crippen LogP contribution in [-0.4, -0.2) is 84.7 Å². The molecule has 0 spiro atoms. The number of methoxy groups -OCH3 is 1. The molecule has 1 aliphatic heterocycles. The fraction of sp³-hybridized carbons (Fsp3) is 0.387. The van der Waals surface area contributed by atoms with Gasteiger partial charge in [-0.1, -0.05) is 49.7 Å². The molecule has 3 atom stereocenters. The third kappa shape index (κ3) is 8.53. The summed E-state index contributed by atoms with van der Waals surface area (Å²) >= 11 is 0.